The van der Waals surface area contributed by atoms with Gasteiger partial charge in [0.1, 0.15) is 5.75 Å². The van der Waals surface area contributed by atoms with Gasteiger partial charge in [-0.2, -0.15) is 0 Å². The summed E-state index contributed by atoms with van der Waals surface area (Å²) in [6.45, 7) is 3.44. The van der Waals surface area contributed by atoms with Crippen molar-refractivity contribution in [1.82, 2.24) is 14.5 Å². The molecule has 2 aliphatic heterocycles. The van der Waals surface area contributed by atoms with Gasteiger partial charge in [0.15, 0.2) is 0 Å². The van der Waals surface area contributed by atoms with Crippen LogP contribution in [-0.2, 0) is 19.6 Å². The molecule has 178 valence electrons. The SMILES string of the molecule is CCCCN1C(=O)CCC(C(=O)NC2CCCN(S(C)(=O)=O)C2)C1c1ccccc1OC. The zero-order valence-electron chi connectivity index (χ0n) is 19.2. The third kappa shape index (κ3) is 5.61. The van der Waals surface area contributed by atoms with Gasteiger partial charge < -0.3 is 15.0 Å². The molecule has 0 saturated carbocycles. The first-order valence-corrected chi connectivity index (χ1v) is 13.3. The summed E-state index contributed by atoms with van der Waals surface area (Å²) >= 11 is 0. The number of rotatable bonds is 8. The molecule has 9 heteroatoms. The lowest BCUT2D eigenvalue weighted by Gasteiger charge is -2.42. The number of hydrogen-bond donors (Lipinski definition) is 1. The number of unbranched alkanes of at least 4 members (excludes halogenated alkanes) is 1. The average molecular weight is 466 g/mol. The van der Waals surface area contributed by atoms with Crippen LogP contribution >= 0.6 is 0 Å². The first-order valence-electron chi connectivity index (χ1n) is 11.4. The van der Waals surface area contributed by atoms with Gasteiger partial charge in [0.25, 0.3) is 0 Å². The van der Waals surface area contributed by atoms with Crippen LogP contribution in [0.25, 0.3) is 0 Å². The summed E-state index contributed by atoms with van der Waals surface area (Å²) in [5.74, 6) is 0.163. The minimum Gasteiger partial charge on any atom is -0.496 e. The van der Waals surface area contributed by atoms with Crippen LogP contribution in [0, 0.1) is 5.92 Å². The van der Waals surface area contributed by atoms with Crippen LogP contribution in [0.5, 0.6) is 5.75 Å². The summed E-state index contributed by atoms with van der Waals surface area (Å²) in [5.41, 5.74) is 0.834. The molecule has 0 aromatic heterocycles. The Hall–Kier alpha value is -2.13. The summed E-state index contributed by atoms with van der Waals surface area (Å²) in [7, 11) is -1.70. The van der Waals surface area contributed by atoms with E-state index < -0.39 is 22.0 Å². The number of hydrogen-bond acceptors (Lipinski definition) is 5. The minimum absolute atomic E-state index is 0.0549. The van der Waals surface area contributed by atoms with Crippen LogP contribution in [-0.4, -0.2) is 68.5 Å². The monoisotopic (exact) mass is 465 g/mol. The van der Waals surface area contributed by atoms with Gasteiger partial charge in [-0.3, -0.25) is 9.59 Å². The van der Waals surface area contributed by atoms with Gasteiger partial charge in [0.2, 0.25) is 21.8 Å². The molecule has 2 heterocycles. The van der Waals surface area contributed by atoms with E-state index >= 15 is 0 Å². The van der Waals surface area contributed by atoms with Crippen molar-refractivity contribution in [3.63, 3.8) is 0 Å². The molecule has 1 aromatic rings. The standard InChI is InChI=1S/C23H35N3O5S/c1-4-5-15-26-21(27)13-12-19(22(26)18-10-6-7-11-20(18)31-2)23(28)24-17-9-8-14-25(16-17)32(3,29)30/h6-7,10-11,17,19,22H,4-5,8-9,12-16H2,1-3H3,(H,24,28). The van der Waals surface area contributed by atoms with E-state index in [1.54, 1.807) is 7.11 Å². The quantitative estimate of drug-likeness (QED) is 0.636. The molecule has 2 amide bonds. The second-order valence-corrected chi connectivity index (χ2v) is 10.7. The molecule has 32 heavy (non-hydrogen) atoms. The molecule has 2 saturated heterocycles. The van der Waals surface area contributed by atoms with Crippen LogP contribution in [0.4, 0.5) is 0 Å². The topological polar surface area (TPSA) is 96.0 Å². The van der Waals surface area contributed by atoms with Crippen molar-refractivity contribution in [3.8, 4) is 5.75 Å². The Bertz CT molecular complexity index is 920. The van der Waals surface area contributed by atoms with E-state index in [1.165, 1.54) is 10.6 Å². The van der Waals surface area contributed by atoms with Gasteiger partial charge in [-0.25, -0.2) is 12.7 Å². The highest BCUT2D eigenvalue weighted by Crippen LogP contribution is 2.41. The van der Waals surface area contributed by atoms with Crippen LogP contribution in [0.1, 0.15) is 57.1 Å². The zero-order chi connectivity index (χ0) is 23.3. The molecule has 8 nitrogen and oxygen atoms in total. The van der Waals surface area contributed by atoms with Gasteiger partial charge in [0, 0.05) is 37.7 Å². The molecule has 2 fully saturated rings. The molecule has 0 bridgehead atoms. The van der Waals surface area contributed by atoms with Crippen molar-refractivity contribution in [2.45, 2.75) is 57.5 Å². The highest BCUT2D eigenvalue weighted by atomic mass is 32.2. The largest absolute Gasteiger partial charge is 0.496 e. The van der Waals surface area contributed by atoms with E-state index in [9.17, 15) is 18.0 Å². The highest BCUT2D eigenvalue weighted by Gasteiger charge is 2.42. The maximum absolute atomic E-state index is 13.5. The maximum atomic E-state index is 13.5. The Kier molecular flexibility index (Phi) is 8.16. The molecule has 2 aliphatic rings. The second kappa shape index (κ2) is 10.7. The summed E-state index contributed by atoms with van der Waals surface area (Å²) in [6.07, 6.45) is 5.24. The summed E-state index contributed by atoms with van der Waals surface area (Å²) in [4.78, 5) is 28.2. The number of piperidine rings is 2. The number of sulfonamides is 1. The van der Waals surface area contributed by atoms with Crippen molar-refractivity contribution in [3.05, 3.63) is 29.8 Å². The third-order valence-electron chi connectivity index (χ3n) is 6.45. The minimum atomic E-state index is -3.30. The lowest BCUT2D eigenvalue weighted by atomic mass is 9.82. The van der Waals surface area contributed by atoms with Gasteiger partial charge >= 0.3 is 0 Å². The van der Waals surface area contributed by atoms with E-state index in [0.29, 0.717) is 38.1 Å². The number of ether oxygens (including phenoxy) is 1. The van der Waals surface area contributed by atoms with Crippen molar-refractivity contribution < 1.29 is 22.7 Å². The van der Waals surface area contributed by atoms with Gasteiger partial charge in [-0.05, 0) is 31.7 Å². The molecule has 3 atom stereocenters. The van der Waals surface area contributed by atoms with Gasteiger partial charge in [0.05, 0.1) is 25.3 Å². The maximum Gasteiger partial charge on any atom is 0.225 e. The lowest BCUT2D eigenvalue weighted by molar-refractivity contribution is -0.143. The average Bonchev–Trinajstić information content (AvgIpc) is 2.77. The smallest absolute Gasteiger partial charge is 0.225 e. The lowest BCUT2D eigenvalue weighted by Crippen LogP contribution is -2.53. The third-order valence-corrected chi connectivity index (χ3v) is 7.72. The predicted molar refractivity (Wildman–Crippen MR) is 123 cm³/mol. The Morgan fingerprint density at radius 2 is 2.00 bits per heavy atom. The van der Waals surface area contributed by atoms with Crippen molar-refractivity contribution in [2.24, 2.45) is 5.92 Å². The highest BCUT2D eigenvalue weighted by molar-refractivity contribution is 7.88. The first-order chi connectivity index (χ1) is 15.3. The Labute approximate surface area is 191 Å². The Balaban J connectivity index is 1.86. The van der Waals surface area contributed by atoms with E-state index in [-0.39, 0.29) is 24.4 Å². The molecule has 3 rings (SSSR count). The fraction of sp³-hybridized carbons (Fsp3) is 0.652. The fourth-order valence-corrected chi connectivity index (χ4v) is 5.70. The molecule has 0 radical (unpaired) electrons. The molecule has 3 unspecified atom stereocenters. The number of amides is 2. The van der Waals surface area contributed by atoms with Crippen molar-refractivity contribution in [2.75, 3.05) is 33.0 Å². The number of nitrogens with one attached hydrogen (secondary N) is 1. The molecule has 1 N–H and O–H groups in total. The van der Waals surface area contributed by atoms with Crippen LogP contribution in [0.3, 0.4) is 0 Å². The van der Waals surface area contributed by atoms with Crippen molar-refractivity contribution in [1.29, 1.82) is 0 Å². The van der Waals surface area contributed by atoms with Crippen LogP contribution in [0.15, 0.2) is 24.3 Å². The Morgan fingerprint density at radius 3 is 2.69 bits per heavy atom. The van der Waals surface area contributed by atoms with E-state index in [1.807, 2.05) is 29.2 Å². The van der Waals surface area contributed by atoms with E-state index in [0.717, 1.165) is 24.8 Å². The van der Waals surface area contributed by atoms with Crippen LogP contribution < -0.4 is 10.1 Å². The second-order valence-electron chi connectivity index (χ2n) is 8.74. The van der Waals surface area contributed by atoms with Crippen molar-refractivity contribution >= 4 is 21.8 Å². The number of benzene rings is 1. The molecular weight excluding hydrogens is 430 g/mol. The molecule has 0 aliphatic carbocycles. The normalized spacial score (nSPS) is 24.9. The first kappa shape index (κ1) is 24.5. The number of nitrogens with zero attached hydrogens (tertiary/aromatic N) is 2. The molecule has 0 spiro atoms. The summed E-state index contributed by atoms with van der Waals surface area (Å²) in [5, 5.41) is 3.10. The number of carbonyl (C=O) groups is 2. The van der Waals surface area contributed by atoms with Gasteiger partial charge in [-0.15, -0.1) is 0 Å². The summed E-state index contributed by atoms with van der Waals surface area (Å²) in [6, 6.07) is 6.91. The predicted octanol–water partition coefficient (Wildman–Crippen LogP) is 2.32. The molecule has 1 aromatic carbocycles. The number of para-hydroxylation sites is 1. The summed E-state index contributed by atoms with van der Waals surface area (Å²) < 4.78 is 30.9. The fourth-order valence-electron chi connectivity index (χ4n) is 4.78. The number of carbonyl (C=O) groups excluding carboxylic acids is 2. The van der Waals surface area contributed by atoms with Gasteiger partial charge in [-0.1, -0.05) is 31.5 Å². The zero-order valence-corrected chi connectivity index (χ0v) is 20.1. The van der Waals surface area contributed by atoms with E-state index in [2.05, 4.69) is 12.2 Å². The van der Waals surface area contributed by atoms with Crippen LogP contribution in [0.2, 0.25) is 0 Å². The Morgan fingerprint density at radius 1 is 1.25 bits per heavy atom. The number of methoxy groups -OCH3 is 1. The number of likely N-dealkylation sites (tertiary alicyclic amines) is 1. The molecular formula is C23H35N3O5S. The van der Waals surface area contributed by atoms with E-state index in [4.69, 9.17) is 4.74 Å².